The Morgan fingerprint density at radius 1 is 1.22 bits per heavy atom. The van der Waals surface area contributed by atoms with Crippen LogP contribution in [0.3, 0.4) is 0 Å². The summed E-state index contributed by atoms with van der Waals surface area (Å²) in [6.45, 7) is 10.6. The average Bonchev–Trinajstić information content (AvgIpc) is 2.88. The molecule has 5 nitrogen and oxygen atoms in total. The number of aliphatic hydroxyl groups is 1. The van der Waals surface area contributed by atoms with Gasteiger partial charge in [0.2, 0.25) is 0 Å². The zero-order valence-corrected chi connectivity index (χ0v) is 21.8. The molecule has 1 unspecified atom stereocenters. The predicted octanol–water partition coefficient (Wildman–Crippen LogP) is 6.01. The summed E-state index contributed by atoms with van der Waals surface area (Å²) in [6.07, 6.45) is 9.81. The standard InChI is InChI=1S/C30H41FN4O/c1-4-30(36,22-24-10-9-12-27(31)20-24)16-19-35(5-2)23(3)26-13-14-29(32)28(21-26)25-11-7-6-8-17-33-34-18-15-25/h9-10,12-15,17,20-21,34,36H,3-8,11,16,18-19,22,32H2,1-2H3/b25-15+,33-17-. The van der Waals surface area contributed by atoms with Crippen molar-refractivity contribution >= 4 is 23.2 Å². The second-order valence-electron chi connectivity index (χ2n) is 9.61. The number of halogens is 1. The third-order valence-corrected chi connectivity index (χ3v) is 7.07. The van der Waals surface area contributed by atoms with Gasteiger partial charge < -0.3 is 21.2 Å². The fourth-order valence-electron chi connectivity index (χ4n) is 4.69. The van der Waals surface area contributed by atoms with Gasteiger partial charge in [-0.05, 0) is 86.4 Å². The van der Waals surface area contributed by atoms with Crippen molar-refractivity contribution in [3.05, 3.63) is 77.6 Å². The van der Waals surface area contributed by atoms with Crippen LogP contribution in [0.2, 0.25) is 0 Å². The number of benzene rings is 2. The molecular formula is C30H41FN4O. The molecule has 2 aromatic carbocycles. The van der Waals surface area contributed by atoms with Crippen molar-refractivity contribution in [2.45, 2.75) is 64.4 Å². The minimum atomic E-state index is -0.913. The van der Waals surface area contributed by atoms with E-state index in [2.05, 4.69) is 41.1 Å². The molecule has 0 saturated carbocycles. The summed E-state index contributed by atoms with van der Waals surface area (Å²) < 4.78 is 13.7. The highest BCUT2D eigenvalue weighted by atomic mass is 19.1. The lowest BCUT2D eigenvalue weighted by Crippen LogP contribution is -2.36. The van der Waals surface area contributed by atoms with Crippen molar-refractivity contribution in [1.29, 1.82) is 0 Å². The number of hydrogen-bond acceptors (Lipinski definition) is 5. The third kappa shape index (κ3) is 7.69. The Hall–Kier alpha value is -3.12. The normalized spacial score (nSPS) is 18.3. The number of nitrogen functional groups attached to an aromatic ring is 1. The van der Waals surface area contributed by atoms with E-state index in [0.717, 1.165) is 60.3 Å². The van der Waals surface area contributed by atoms with Gasteiger partial charge in [-0.1, -0.05) is 37.8 Å². The van der Waals surface area contributed by atoms with Crippen LogP contribution in [-0.4, -0.2) is 41.5 Å². The molecule has 0 aromatic heterocycles. The van der Waals surface area contributed by atoms with Gasteiger partial charge in [-0.25, -0.2) is 4.39 Å². The Balaban J connectivity index is 1.74. The van der Waals surface area contributed by atoms with E-state index in [1.165, 1.54) is 17.7 Å². The first-order valence-electron chi connectivity index (χ1n) is 13.1. The van der Waals surface area contributed by atoms with E-state index in [-0.39, 0.29) is 5.82 Å². The molecule has 3 rings (SSSR count). The molecule has 0 spiro atoms. The Bertz CT molecular complexity index is 1080. The van der Waals surface area contributed by atoms with Crippen molar-refractivity contribution in [1.82, 2.24) is 10.3 Å². The van der Waals surface area contributed by atoms with E-state index in [4.69, 9.17) is 5.73 Å². The lowest BCUT2D eigenvalue weighted by Gasteiger charge is -2.32. The molecule has 36 heavy (non-hydrogen) atoms. The minimum Gasteiger partial charge on any atom is -0.398 e. The smallest absolute Gasteiger partial charge is 0.123 e. The molecular weight excluding hydrogens is 451 g/mol. The summed E-state index contributed by atoms with van der Waals surface area (Å²) in [6, 6.07) is 12.6. The van der Waals surface area contributed by atoms with Gasteiger partial charge in [0, 0.05) is 42.7 Å². The summed E-state index contributed by atoms with van der Waals surface area (Å²) in [4.78, 5) is 2.19. The van der Waals surface area contributed by atoms with E-state index >= 15 is 0 Å². The van der Waals surface area contributed by atoms with E-state index in [9.17, 15) is 9.50 Å². The molecule has 0 bridgehead atoms. The predicted molar refractivity (Wildman–Crippen MR) is 150 cm³/mol. The zero-order valence-electron chi connectivity index (χ0n) is 21.8. The van der Waals surface area contributed by atoms with E-state index in [0.29, 0.717) is 32.4 Å². The number of allylic oxidation sites excluding steroid dienone is 1. The van der Waals surface area contributed by atoms with E-state index in [1.54, 1.807) is 6.07 Å². The van der Waals surface area contributed by atoms with E-state index < -0.39 is 5.60 Å². The van der Waals surface area contributed by atoms with Crippen LogP contribution in [0.5, 0.6) is 0 Å². The summed E-state index contributed by atoms with van der Waals surface area (Å²) >= 11 is 0. The van der Waals surface area contributed by atoms with Crippen LogP contribution >= 0.6 is 0 Å². The Kier molecular flexibility index (Phi) is 10.1. The zero-order chi connectivity index (χ0) is 26.0. The van der Waals surface area contributed by atoms with Crippen LogP contribution in [0.25, 0.3) is 11.3 Å². The molecule has 1 aliphatic heterocycles. The summed E-state index contributed by atoms with van der Waals surface area (Å²) in [5.41, 5.74) is 14.4. The highest BCUT2D eigenvalue weighted by Gasteiger charge is 2.26. The topological polar surface area (TPSA) is 73.9 Å². The second kappa shape index (κ2) is 13.3. The Morgan fingerprint density at radius 3 is 2.81 bits per heavy atom. The van der Waals surface area contributed by atoms with Gasteiger partial charge in [-0.2, -0.15) is 5.10 Å². The monoisotopic (exact) mass is 492 g/mol. The molecule has 4 N–H and O–H groups in total. The first kappa shape index (κ1) is 27.5. The largest absolute Gasteiger partial charge is 0.398 e. The maximum absolute atomic E-state index is 13.7. The first-order valence-corrected chi connectivity index (χ1v) is 13.1. The van der Waals surface area contributed by atoms with Crippen molar-refractivity contribution in [3.63, 3.8) is 0 Å². The van der Waals surface area contributed by atoms with Crippen molar-refractivity contribution in [2.75, 3.05) is 25.4 Å². The third-order valence-electron chi connectivity index (χ3n) is 7.07. The molecule has 2 aromatic rings. The Labute approximate surface area is 215 Å². The highest BCUT2D eigenvalue weighted by molar-refractivity contribution is 5.79. The molecule has 0 amide bonds. The first-order chi connectivity index (χ1) is 17.3. The minimum absolute atomic E-state index is 0.275. The number of nitrogens with zero attached hydrogens (tertiary/aromatic N) is 2. The number of hydrogen-bond donors (Lipinski definition) is 3. The Morgan fingerprint density at radius 2 is 2.06 bits per heavy atom. The number of hydrazone groups is 1. The van der Waals surface area contributed by atoms with Gasteiger partial charge in [0.1, 0.15) is 5.82 Å². The molecule has 6 heteroatoms. The molecule has 0 saturated heterocycles. The number of nitrogens with one attached hydrogen (secondary N) is 1. The van der Waals surface area contributed by atoms with Crippen molar-refractivity contribution < 1.29 is 9.50 Å². The fraction of sp³-hybridized carbons (Fsp3) is 0.433. The molecule has 0 radical (unpaired) electrons. The molecule has 0 aliphatic carbocycles. The van der Waals surface area contributed by atoms with Crippen LogP contribution in [0.15, 0.2) is 60.2 Å². The van der Waals surface area contributed by atoms with Crippen LogP contribution in [0.1, 0.15) is 69.1 Å². The maximum Gasteiger partial charge on any atom is 0.123 e. The SMILES string of the molecule is C=C(c1ccc(N)c(/C2=C/CN/N=C\CCCC2)c1)N(CC)CCC(O)(CC)Cc1cccc(F)c1. The summed E-state index contributed by atoms with van der Waals surface area (Å²) in [5.74, 6) is -0.275. The quantitative estimate of drug-likeness (QED) is 0.355. The lowest BCUT2D eigenvalue weighted by atomic mass is 9.88. The van der Waals surface area contributed by atoms with Gasteiger partial charge in [0.25, 0.3) is 0 Å². The van der Waals surface area contributed by atoms with Crippen molar-refractivity contribution in [2.24, 2.45) is 5.10 Å². The van der Waals surface area contributed by atoms with E-state index in [1.807, 2.05) is 31.3 Å². The van der Waals surface area contributed by atoms with Gasteiger partial charge in [0.15, 0.2) is 0 Å². The molecule has 194 valence electrons. The summed E-state index contributed by atoms with van der Waals surface area (Å²) in [7, 11) is 0. The molecule has 1 aliphatic rings. The highest BCUT2D eigenvalue weighted by Crippen LogP contribution is 2.31. The number of rotatable bonds is 10. The van der Waals surface area contributed by atoms with Crippen molar-refractivity contribution in [3.8, 4) is 0 Å². The van der Waals surface area contributed by atoms with Crippen LogP contribution in [0.4, 0.5) is 10.1 Å². The van der Waals surface area contributed by atoms with Gasteiger partial charge in [0.05, 0.1) is 12.1 Å². The van der Waals surface area contributed by atoms with Crippen LogP contribution < -0.4 is 11.2 Å². The second-order valence-corrected chi connectivity index (χ2v) is 9.61. The van der Waals surface area contributed by atoms with Gasteiger partial charge in [-0.15, -0.1) is 0 Å². The van der Waals surface area contributed by atoms with Gasteiger partial charge in [-0.3, -0.25) is 0 Å². The molecule has 0 fully saturated rings. The maximum atomic E-state index is 13.7. The lowest BCUT2D eigenvalue weighted by molar-refractivity contribution is 0.0224. The number of nitrogens with two attached hydrogens (primary N) is 1. The molecule has 1 heterocycles. The molecule has 1 atom stereocenters. The van der Waals surface area contributed by atoms with Crippen LogP contribution in [-0.2, 0) is 6.42 Å². The average molecular weight is 493 g/mol. The fourth-order valence-corrected chi connectivity index (χ4v) is 4.69. The van der Waals surface area contributed by atoms with Gasteiger partial charge >= 0.3 is 0 Å². The number of anilines is 1. The summed E-state index contributed by atoms with van der Waals surface area (Å²) in [5, 5.41) is 15.5. The van der Waals surface area contributed by atoms with Crippen LogP contribution in [0, 0.1) is 5.82 Å².